The minimum Gasteiger partial charge on any atom is -0.491 e. The van der Waals surface area contributed by atoms with E-state index >= 15 is 0 Å². The molecule has 2 atom stereocenters. The van der Waals surface area contributed by atoms with E-state index in [2.05, 4.69) is 0 Å². The van der Waals surface area contributed by atoms with Crippen LogP contribution in [0, 0.1) is 0 Å². The number of hydrogen-bond acceptors (Lipinski definition) is 4. The summed E-state index contributed by atoms with van der Waals surface area (Å²) in [5.41, 5.74) is 6.92. The van der Waals surface area contributed by atoms with Crippen LogP contribution in [-0.4, -0.2) is 42.7 Å². The lowest BCUT2D eigenvalue weighted by atomic mass is 10.1. The monoisotopic (exact) mass is 278 g/mol. The highest BCUT2D eigenvalue weighted by molar-refractivity contribution is 5.98. The lowest BCUT2D eigenvalue weighted by molar-refractivity contribution is -0.0586. The Morgan fingerprint density at radius 1 is 1.40 bits per heavy atom. The van der Waals surface area contributed by atoms with Crippen LogP contribution >= 0.6 is 0 Å². The van der Waals surface area contributed by atoms with Gasteiger partial charge in [-0.25, -0.2) is 0 Å². The third-order valence-electron chi connectivity index (χ3n) is 3.27. The number of amides is 1. The number of ether oxygens (including phenoxy) is 2. The van der Waals surface area contributed by atoms with Crippen LogP contribution in [0.3, 0.4) is 0 Å². The Labute approximate surface area is 119 Å². The van der Waals surface area contributed by atoms with Crippen LogP contribution in [0.2, 0.25) is 0 Å². The van der Waals surface area contributed by atoms with E-state index in [1.165, 1.54) is 0 Å². The van der Waals surface area contributed by atoms with Gasteiger partial charge >= 0.3 is 0 Å². The van der Waals surface area contributed by atoms with Gasteiger partial charge in [0.2, 0.25) is 0 Å². The van der Waals surface area contributed by atoms with Gasteiger partial charge in [-0.2, -0.15) is 0 Å². The van der Waals surface area contributed by atoms with Gasteiger partial charge in [-0.1, -0.05) is 6.07 Å². The predicted molar refractivity (Wildman–Crippen MR) is 77.9 cm³/mol. The van der Waals surface area contributed by atoms with E-state index in [1.54, 1.807) is 23.1 Å². The number of hydrogen-bond donors (Lipinski definition) is 1. The molecular formula is C15H22N2O3. The van der Waals surface area contributed by atoms with E-state index < -0.39 is 0 Å². The molecule has 110 valence electrons. The number of carbonyl (C=O) groups is 1. The third kappa shape index (κ3) is 3.04. The Balaban J connectivity index is 2.26. The van der Waals surface area contributed by atoms with Crippen molar-refractivity contribution >= 4 is 11.6 Å². The summed E-state index contributed by atoms with van der Waals surface area (Å²) in [7, 11) is 0. The average molecular weight is 278 g/mol. The van der Waals surface area contributed by atoms with Gasteiger partial charge in [-0.3, -0.25) is 4.79 Å². The summed E-state index contributed by atoms with van der Waals surface area (Å²) in [5, 5.41) is 0. The number of nitrogens with zero attached hydrogens (tertiary/aromatic N) is 1. The molecule has 1 heterocycles. The fourth-order valence-corrected chi connectivity index (χ4v) is 2.54. The molecule has 0 radical (unpaired) electrons. The summed E-state index contributed by atoms with van der Waals surface area (Å²) in [6, 6.07) is 5.28. The number of benzene rings is 1. The molecule has 5 nitrogen and oxygen atoms in total. The first-order chi connectivity index (χ1) is 9.52. The third-order valence-corrected chi connectivity index (χ3v) is 3.27. The summed E-state index contributed by atoms with van der Waals surface area (Å²) in [6.07, 6.45) is 0.0820. The molecule has 0 spiro atoms. The van der Waals surface area contributed by atoms with Crippen molar-refractivity contribution in [1.29, 1.82) is 0 Å². The SMILES string of the molecule is CCOc1c(N)cccc1C(=O)N1CC(C)OC(C)C1. The van der Waals surface area contributed by atoms with E-state index in [9.17, 15) is 4.79 Å². The van der Waals surface area contributed by atoms with Gasteiger partial charge in [0.15, 0.2) is 5.75 Å². The molecule has 1 aromatic rings. The van der Waals surface area contributed by atoms with Crippen LogP contribution in [0.5, 0.6) is 5.75 Å². The molecular weight excluding hydrogens is 256 g/mol. The van der Waals surface area contributed by atoms with Gasteiger partial charge in [0, 0.05) is 13.1 Å². The molecule has 2 unspecified atom stereocenters. The summed E-state index contributed by atoms with van der Waals surface area (Å²) in [6.45, 7) is 7.47. The predicted octanol–water partition coefficient (Wildman–Crippen LogP) is 1.92. The topological polar surface area (TPSA) is 64.8 Å². The fraction of sp³-hybridized carbons (Fsp3) is 0.533. The Morgan fingerprint density at radius 2 is 2.05 bits per heavy atom. The zero-order chi connectivity index (χ0) is 14.7. The molecule has 2 N–H and O–H groups in total. The zero-order valence-electron chi connectivity index (χ0n) is 12.3. The number of para-hydroxylation sites is 1. The highest BCUT2D eigenvalue weighted by Gasteiger charge is 2.28. The van der Waals surface area contributed by atoms with Gasteiger partial charge in [-0.15, -0.1) is 0 Å². The second kappa shape index (κ2) is 6.13. The van der Waals surface area contributed by atoms with Gasteiger partial charge in [0.1, 0.15) is 0 Å². The van der Waals surface area contributed by atoms with Crippen molar-refractivity contribution in [2.45, 2.75) is 33.0 Å². The molecule has 2 rings (SSSR count). The Morgan fingerprint density at radius 3 is 2.65 bits per heavy atom. The van der Waals surface area contributed by atoms with Gasteiger partial charge in [0.05, 0.1) is 30.1 Å². The Bertz CT molecular complexity index is 480. The van der Waals surface area contributed by atoms with Crippen LogP contribution in [0.25, 0.3) is 0 Å². The van der Waals surface area contributed by atoms with Crippen molar-refractivity contribution < 1.29 is 14.3 Å². The van der Waals surface area contributed by atoms with Crippen molar-refractivity contribution in [2.75, 3.05) is 25.4 Å². The van der Waals surface area contributed by atoms with Crippen molar-refractivity contribution in [1.82, 2.24) is 4.90 Å². The zero-order valence-corrected chi connectivity index (χ0v) is 12.3. The van der Waals surface area contributed by atoms with Crippen LogP contribution in [0.1, 0.15) is 31.1 Å². The van der Waals surface area contributed by atoms with Crippen LogP contribution < -0.4 is 10.5 Å². The van der Waals surface area contributed by atoms with Crippen molar-refractivity contribution in [2.24, 2.45) is 0 Å². The van der Waals surface area contributed by atoms with E-state index in [0.717, 1.165) is 0 Å². The van der Waals surface area contributed by atoms with Crippen LogP contribution in [0.4, 0.5) is 5.69 Å². The van der Waals surface area contributed by atoms with Crippen molar-refractivity contribution in [3.8, 4) is 5.75 Å². The molecule has 0 aliphatic carbocycles. The number of rotatable bonds is 3. The van der Waals surface area contributed by atoms with Crippen molar-refractivity contribution in [3.63, 3.8) is 0 Å². The molecule has 0 bridgehead atoms. The number of morpholine rings is 1. The number of nitrogens with two attached hydrogens (primary N) is 1. The lowest BCUT2D eigenvalue weighted by Crippen LogP contribution is -2.48. The number of carbonyl (C=O) groups excluding carboxylic acids is 1. The van der Waals surface area contributed by atoms with Gasteiger partial charge in [0.25, 0.3) is 5.91 Å². The van der Waals surface area contributed by atoms with Crippen molar-refractivity contribution in [3.05, 3.63) is 23.8 Å². The maximum atomic E-state index is 12.7. The molecule has 1 aliphatic rings. The first kappa shape index (κ1) is 14.7. The normalized spacial score (nSPS) is 22.6. The fourth-order valence-electron chi connectivity index (χ4n) is 2.54. The molecule has 1 aliphatic heterocycles. The molecule has 0 saturated carbocycles. The molecule has 20 heavy (non-hydrogen) atoms. The summed E-state index contributed by atoms with van der Waals surface area (Å²) in [4.78, 5) is 14.5. The second-order valence-corrected chi connectivity index (χ2v) is 5.12. The van der Waals surface area contributed by atoms with Crippen LogP contribution in [-0.2, 0) is 4.74 Å². The van der Waals surface area contributed by atoms with Crippen LogP contribution in [0.15, 0.2) is 18.2 Å². The average Bonchev–Trinajstić information content (AvgIpc) is 2.39. The van der Waals surface area contributed by atoms with E-state index in [0.29, 0.717) is 36.7 Å². The lowest BCUT2D eigenvalue weighted by Gasteiger charge is -2.35. The molecule has 1 aromatic carbocycles. The maximum absolute atomic E-state index is 12.7. The largest absolute Gasteiger partial charge is 0.491 e. The second-order valence-electron chi connectivity index (χ2n) is 5.12. The summed E-state index contributed by atoms with van der Waals surface area (Å²) >= 11 is 0. The molecule has 1 fully saturated rings. The number of nitrogen functional groups attached to an aromatic ring is 1. The molecule has 1 amide bonds. The molecule has 1 saturated heterocycles. The van der Waals surface area contributed by atoms with Gasteiger partial charge in [-0.05, 0) is 32.9 Å². The Hall–Kier alpha value is -1.75. The minimum absolute atomic E-state index is 0.0410. The van der Waals surface area contributed by atoms with E-state index in [4.69, 9.17) is 15.2 Å². The first-order valence-electron chi connectivity index (χ1n) is 6.99. The van der Waals surface area contributed by atoms with E-state index in [-0.39, 0.29) is 18.1 Å². The quantitative estimate of drug-likeness (QED) is 0.858. The summed E-state index contributed by atoms with van der Waals surface area (Å²) < 4.78 is 11.2. The smallest absolute Gasteiger partial charge is 0.257 e. The highest BCUT2D eigenvalue weighted by atomic mass is 16.5. The number of anilines is 1. The minimum atomic E-state index is -0.0530. The standard InChI is InChI=1S/C15H22N2O3/c1-4-19-14-12(6-5-7-13(14)16)15(18)17-8-10(2)20-11(3)9-17/h5-7,10-11H,4,8-9,16H2,1-3H3. The molecule has 5 heteroatoms. The Kier molecular flexibility index (Phi) is 4.49. The first-order valence-corrected chi connectivity index (χ1v) is 6.99. The summed E-state index contributed by atoms with van der Waals surface area (Å²) in [5.74, 6) is 0.426. The van der Waals surface area contributed by atoms with E-state index in [1.807, 2.05) is 20.8 Å². The maximum Gasteiger partial charge on any atom is 0.257 e. The molecule has 0 aromatic heterocycles. The van der Waals surface area contributed by atoms with Gasteiger partial charge < -0.3 is 20.1 Å². The highest BCUT2D eigenvalue weighted by Crippen LogP contribution is 2.28.